The molecule has 1 amide bonds. The number of morpholine rings is 1. The predicted octanol–water partition coefficient (Wildman–Crippen LogP) is 1.67. The lowest BCUT2D eigenvalue weighted by Gasteiger charge is -2.31. The van der Waals surface area contributed by atoms with Crippen molar-refractivity contribution in [3.63, 3.8) is 0 Å². The van der Waals surface area contributed by atoms with Crippen molar-refractivity contribution in [2.24, 2.45) is 0 Å². The molecule has 2 heterocycles. The van der Waals surface area contributed by atoms with Crippen LogP contribution in [0.15, 0.2) is 24.3 Å². The summed E-state index contributed by atoms with van der Waals surface area (Å²) in [7, 11) is 0. The minimum absolute atomic E-state index is 0.0185. The normalized spacial score (nSPS) is 21.8. The van der Waals surface area contributed by atoms with Gasteiger partial charge in [-0.05, 0) is 30.5 Å². The second kappa shape index (κ2) is 8.55. The number of hydrogen-bond donors (Lipinski definition) is 0. The van der Waals surface area contributed by atoms with Crippen LogP contribution in [0.5, 0.6) is 0 Å². The summed E-state index contributed by atoms with van der Waals surface area (Å²) in [6.07, 6.45) is 1.35. The van der Waals surface area contributed by atoms with Gasteiger partial charge in [-0.2, -0.15) is 0 Å². The molecule has 6 heteroatoms. The van der Waals surface area contributed by atoms with Gasteiger partial charge < -0.3 is 14.4 Å². The largest absolute Gasteiger partial charge is 0.379 e. The molecular weight excluding hydrogens is 311 g/mol. The predicted molar refractivity (Wildman–Crippen MR) is 88.1 cm³/mol. The summed E-state index contributed by atoms with van der Waals surface area (Å²) in [6, 6.07) is 6.45. The number of hydrogen-bond acceptors (Lipinski definition) is 4. The van der Waals surface area contributed by atoms with Crippen LogP contribution in [0.25, 0.3) is 0 Å². The third kappa shape index (κ3) is 4.75. The van der Waals surface area contributed by atoms with Gasteiger partial charge in [0.25, 0.3) is 5.91 Å². The highest BCUT2D eigenvalue weighted by molar-refractivity contribution is 5.81. The van der Waals surface area contributed by atoms with Gasteiger partial charge in [-0.3, -0.25) is 9.69 Å². The molecule has 3 rings (SSSR count). The highest BCUT2D eigenvalue weighted by atomic mass is 19.1. The highest BCUT2D eigenvalue weighted by Crippen LogP contribution is 2.17. The first kappa shape index (κ1) is 17.3. The molecule has 0 aromatic heterocycles. The topological polar surface area (TPSA) is 42.0 Å². The van der Waals surface area contributed by atoms with E-state index >= 15 is 0 Å². The summed E-state index contributed by atoms with van der Waals surface area (Å²) < 4.78 is 24.4. The Hall–Kier alpha value is -1.50. The molecular formula is C18H25FN2O3. The molecule has 5 nitrogen and oxygen atoms in total. The standard InChI is InChI=1S/C18H25FN2O3/c19-16-4-1-3-15(13-16)14-21(18(22)17-5-2-10-24-17)7-6-20-8-11-23-12-9-20/h1,3-4,13,17H,2,5-12,14H2. The van der Waals surface area contributed by atoms with E-state index in [2.05, 4.69) is 4.90 Å². The molecule has 24 heavy (non-hydrogen) atoms. The Bertz CT molecular complexity index is 543. The highest BCUT2D eigenvalue weighted by Gasteiger charge is 2.28. The number of rotatable bonds is 6. The van der Waals surface area contributed by atoms with Crippen LogP contribution >= 0.6 is 0 Å². The van der Waals surface area contributed by atoms with E-state index in [1.165, 1.54) is 12.1 Å². The van der Waals surface area contributed by atoms with Gasteiger partial charge in [-0.15, -0.1) is 0 Å². The lowest BCUT2D eigenvalue weighted by Crippen LogP contribution is -2.45. The molecule has 0 bridgehead atoms. The van der Waals surface area contributed by atoms with E-state index in [4.69, 9.17) is 9.47 Å². The van der Waals surface area contributed by atoms with Gasteiger partial charge in [0.15, 0.2) is 0 Å². The van der Waals surface area contributed by atoms with Crippen molar-refractivity contribution in [3.8, 4) is 0 Å². The fourth-order valence-electron chi connectivity index (χ4n) is 3.19. The zero-order valence-electron chi connectivity index (χ0n) is 14.0. The second-order valence-corrected chi connectivity index (χ2v) is 6.35. The summed E-state index contributed by atoms with van der Waals surface area (Å²) in [5.41, 5.74) is 0.809. The molecule has 2 saturated heterocycles. The van der Waals surface area contributed by atoms with Crippen molar-refractivity contribution in [2.75, 3.05) is 46.0 Å². The van der Waals surface area contributed by atoms with Crippen LogP contribution in [0.4, 0.5) is 4.39 Å². The molecule has 0 N–H and O–H groups in total. The number of nitrogens with zero attached hydrogens (tertiary/aromatic N) is 2. The van der Waals surface area contributed by atoms with Gasteiger partial charge in [0.1, 0.15) is 11.9 Å². The number of carbonyl (C=O) groups is 1. The van der Waals surface area contributed by atoms with Gasteiger partial charge in [0, 0.05) is 39.3 Å². The zero-order chi connectivity index (χ0) is 16.8. The Morgan fingerprint density at radius 2 is 2.12 bits per heavy atom. The average Bonchev–Trinajstić information content (AvgIpc) is 3.13. The Balaban J connectivity index is 1.63. The van der Waals surface area contributed by atoms with E-state index in [0.29, 0.717) is 19.7 Å². The minimum Gasteiger partial charge on any atom is -0.379 e. The first-order valence-corrected chi connectivity index (χ1v) is 8.67. The molecule has 132 valence electrons. The average molecular weight is 336 g/mol. The number of benzene rings is 1. The quantitative estimate of drug-likeness (QED) is 0.792. The van der Waals surface area contributed by atoms with E-state index in [9.17, 15) is 9.18 Å². The molecule has 0 saturated carbocycles. The number of carbonyl (C=O) groups excluding carboxylic acids is 1. The molecule has 0 aliphatic carbocycles. The maximum atomic E-state index is 13.4. The number of halogens is 1. The van der Waals surface area contributed by atoms with Crippen LogP contribution in [0.1, 0.15) is 18.4 Å². The third-order valence-corrected chi connectivity index (χ3v) is 4.57. The van der Waals surface area contributed by atoms with Crippen LogP contribution in [0.2, 0.25) is 0 Å². The van der Waals surface area contributed by atoms with Crippen molar-refractivity contribution in [1.82, 2.24) is 9.80 Å². The SMILES string of the molecule is O=C(C1CCCO1)N(CCN1CCOCC1)Cc1cccc(F)c1. The summed E-state index contributed by atoms with van der Waals surface area (Å²) in [5.74, 6) is -0.254. The maximum absolute atomic E-state index is 13.4. The molecule has 1 aromatic carbocycles. The summed E-state index contributed by atoms with van der Waals surface area (Å²) in [6.45, 7) is 5.75. The number of amides is 1. The fraction of sp³-hybridized carbons (Fsp3) is 0.611. The summed E-state index contributed by atoms with van der Waals surface area (Å²) in [5, 5.41) is 0. The lowest BCUT2D eigenvalue weighted by molar-refractivity contribution is -0.142. The monoisotopic (exact) mass is 336 g/mol. The van der Waals surface area contributed by atoms with Gasteiger partial charge >= 0.3 is 0 Å². The lowest BCUT2D eigenvalue weighted by atomic mass is 10.1. The van der Waals surface area contributed by atoms with Crippen LogP contribution in [0, 0.1) is 5.82 Å². The van der Waals surface area contributed by atoms with Crippen LogP contribution in [0.3, 0.4) is 0 Å². The Morgan fingerprint density at radius 1 is 1.29 bits per heavy atom. The molecule has 2 fully saturated rings. The Kier molecular flexibility index (Phi) is 6.18. The van der Waals surface area contributed by atoms with E-state index in [-0.39, 0.29) is 17.8 Å². The second-order valence-electron chi connectivity index (χ2n) is 6.35. The molecule has 0 radical (unpaired) electrons. The van der Waals surface area contributed by atoms with Gasteiger partial charge in [-0.1, -0.05) is 12.1 Å². The van der Waals surface area contributed by atoms with Crippen molar-refractivity contribution in [2.45, 2.75) is 25.5 Å². The summed E-state index contributed by atoms with van der Waals surface area (Å²) in [4.78, 5) is 16.9. The van der Waals surface area contributed by atoms with Crippen molar-refractivity contribution in [1.29, 1.82) is 0 Å². The van der Waals surface area contributed by atoms with Gasteiger partial charge in [0.2, 0.25) is 0 Å². The number of ether oxygens (including phenoxy) is 2. The van der Waals surface area contributed by atoms with Gasteiger partial charge in [-0.25, -0.2) is 4.39 Å². The van der Waals surface area contributed by atoms with Crippen molar-refractivity contribution >= 4 is 5.91 Å². The minimum atomic E-state index is -0.344. The Labute approximate surface area is 142 Å². The van der Waals surface area contributed by atoms with E-state index in [0.717, 1.165) is 51.3 Å². The molecule has 1 atom stereocenters. The van der Waals surface area contributed by atoms with Crippen molar-refractivity contribution < 1.29 is 18.7 Å². The van der Waals surface area contributed by atoms with E-state index < -0.39 is 0 Å². The third-order valence-electron chi connectivity index (χ3n) is 4.57. The summed E-state index contributed by atoms with van der Waals surface area (Å²) >= 11 is 0. The van der Waals surface area contributed by atoms with Crippen LogP contribution < -0.4 is 0 Å². The Morgan fingerprint density at radius 3 is 2.83 bits per heavy atom. The molecule has 2 aliphatic heterocycles. The van der Waals surface area contributed by atoms with Crippen molar-refractivity contribution in [3.05, 3.63) is 35.6 Å². The smallest absolute Gasteiger partial charge is 0.252 e. The van der Waals surface area contributed by atoms with E-state index in [1.54, 1.807) is 11.0 Å². The zero-order valence-corrected chi connectivity index (χ0v) is 14.0. The van der Waals surface area contributed by atoms with E-state index in [1.807, 2.05) is 6.07 Å². The van der Waals surface area contributed by atoms with Crippen LogP contribution in [-0.2, 0) is 20.8 Å². The van der Waals surface area contributed by atoms with Crippen LogP contribution in [-0.4, -0.2) is 67.8 Å². The first-order valence-electron chi connectivity index (χ1n) is 8.67. The molecule has 1 unspecified atom stereocenters. The fourth-order valence-corrected chi connectivity index (χ4v) is 3.19. The maximum Gasteiger partial charge on any atom is 0.252 e. The molecule has 1 aromatic rings. The first-order chi connectivity index (χ1) is 11.7. The molecule has 0 spiro atoms. The van der Waals surface area contributed by atoms with Gasteiger partial charge in [0.05, 0.1) is 13.2 Å². The molecule has 2 aliphatic rings.